The van der Waals surface area contributed by atoms with Crippen molar-refractivity contribution < 1.29 is 18.4 Å². The first-order valence-electron chi connectivity index (χ1n) is 10.2. The zero-order valence-corrected chi connectivity index (χ0v) is 19.6. The molecule has 0 fully saturated rings. The van der Waals surface area contributed by atoms with E-state index in [2.05, 4.69) is 10.3 Å². The van der Waals surface area contributed by atoms with E-state index < -0.39 is 11.9 Å². The number of hydrogen-bond donors (Lipinski definition) is 1. The van der Waals surface area contributed by atoms with Crippen LogP contribution in [0, 0.1) is 11.6 Å². The molecule has 4 aromatic rings. The molecule has 0 bridgehead atoms. The Bertz CT molecular complexity index is 1320. The molecule has 1 N–H and O–H groups in total. The number of para-hydroxylation sites is 1. The molecule has 1 unspecified atom stereocenters. The molecule has 5 nitrogen and oxygen atoms in total. The molecule has 4 rings (SSSR count). The van der Waals surface area contributed by atoms with Crippen molar-refractivity contribution in [3.8, 4) is 0 Å². The molecule has 0 aliphatic heterocycles. The summed E-state index contributed by atoms with van der Waals surface area (Å²) in [6.45, 7) is 1.33. The summed E-state index contributed by atoms with van der Waals surface area (Å²) in [7, 11) is 0. The highest BCUT2D eigenvalue weighted by atomic mass is 32.1. The van der Waals surface area contributed by atoms with Crippen LogP contribution in [0.2, 0.25) is 0 Å². The van der Waals surface area contributed by atoms with Crippen LogP contribution in [-0.2, 0) is 9.59 Å². The molecule has 2 heterocycles. The first kappa shape index (κ1) is 23.5. The Morgan fingerprint density at radius 1 is 1.03 bits per heavy atom. The van der Waals surface area contributed by atoms with E-state index in [0.29, 0.717) is 10.8 Å². The highest BCUT2D eigenvalue weighted by Gasteiger charge is 2.21. The first-order valence-corrected chi connectivity index (χ1v) is 12.0. The summed E-state index contributed by atoms with van der Waals surface area (Å²) in [4.78, 5) is 31.3. The minimum atomic E-state index is -0.537. The van der Waals surface area contributed by atoms with Gasteiger partial charge in [-0.25, -0.2) is 13.8 Å². The van der Waals surface area contributed by atoms with Gasteiger partial charge >= 0.3 is 0 Å². The Morgan fingerprint density at radius 2 is 1.79 bits per heavy atom. The minimum absolute atomic E-state index is 0.107. The molecule has 9 heteroatoms. The number of anilines is 2. The van der Waals surface area contributed by atoms with Crippen LogP contribution in [0.1, 0.15) is 29.1 Å². The molecule has 34 heavy (non-hydrogen) atoms. The summed E-state index contributed by atoms with van der Waals surface area (Å²) in [6, 6.07) is 15.3. The van der Waals surface area contributed by atoms with Gasteiger partial charge in [0.2, 0.25) is 11.8 Å². The number of amides is 2. The number of hydrogen-bond acceptors (Lipinski definition) is 5. The minimum Gasteiger partial charge on any atom is -0.341 e. The largest absolute Gasteiger partial charge is 0.341 e. The number of thiazole rings is 1. The number of nitrogens with one attached hydrogen (secondary N) is 1. The smallest absolute Gasteiger partial charge is 0.244 e. The molecule has 0 aliphatic carbocycles. The number of nitrogens with zero attached hydrogens (tertiary/aromatic N) is 2. The van der Waals surface area contributed by atoms with Crippen LogP contribution in [-0.4, -0.2) is 16.8 Å². The number of carbonyl (C=O) groups excluding carboxylic acids is 2. The summed E-state index contributed by atoms with van der Waals surface area (Å²) in [5.74, 6) is -1.64. The lowest BCUT2D eigenvalue weighted by atomic mass is 10.1. The van der Waals surface area contributed by atoms with Gasteiger partial charge in [0.05, 0.1) is 17.4 Å². The number of aromatic nitrogens is 1. The lowest BCUT2D eigenvalue weighted by molar-refractivity contribution is -0.117. The van der Waals surface area contributed by atoms with Crippen molar-refractivity contribution in [3.63, 3.8) is 0 Å². The Hall–Kier alpha value is -3.69. The summed E-state index contributed by atoms with van der Waals surface area (Å²) in [6.07, 6.45) is 2.86. The van der Waals surface area contributed by atoms with Crippen LogP contribution in [0.4, 0.5) is 19.6 Å². The monoisotopic (exact) mass is 495 g/mol. The third kappa shape index (κ3) is 5.44. The average molecular weight is 496 g/mol. The fourth-order valence-corrected chi connectivity index (χ4v) is 4.93. The van der Waals surface area contributed by atoms with E-state index in [0.717, 1.165) is 21.8 Å². The molecule has 2 amide bonds. The molecule has 0 spiro atoms. The third-order valence-electron chi connectivity index (χ3n) is 4.83. The summed E-state index contributed by atoms with van der Waals surface area (Å²) in [5.41, 5.74) is 1.31. The Labute approximate surface area is 203 Å². The first-order chi connectivity index (χ1) is 16.4. The number of halogens is 2. The number of rotatable bonds is 7. The standard InChI is InChI=1S/C25H19F2N3O2S2/c1-16(31)30(21-6-3-2-5-20(21)27)25-28-19(15-34-25)12-13-23(32)29-24(22-7-4-14-33-22)17-8-10-18(26)11-9-17/h2-15,24H,1H3,(H,29,32)/b13-12+. The molecule has 172 valence electrons. The van der Waals surface area contributed by atoms with Gasteiger partial charge in [0.1, 0.15) is 11.6 Å². The van der Waals surface area contributed by atoms with Gasteiger partial charge < -0.3 is 5.32 Å². The van der Waals surface area contributed by atoms with Gasteiger partial charge in [-0.3, -0.25) is 14.5 Å². The maximum absolute atomic E-state index is 14.2. The van der Waals surface area contributed by atoms with Crippen LogP contribution >= 0.6 is 22.7 Å². The molecular formula is C25H19F2N3O2S2. The molecule has 0 aliphatic rings. The van der Waals surface area contributed by atoms with Crippen LogP contribution in [0.25, 0.3) is 6.08 Å². The van der Waals surface area contributed by atoms with Crippen molar-refractivity contribution in [2.75, 3.05) is 4.90 Å². The zero-order chi connectivity index (χ0) is 24.1. The van der Waals surface area contributed by atoms with E-state index in [9.17, 15) is 18.4 Å². The molecule has 2 aromatic heterocycles. The van der Waals surface area contributed by atoms with Crippen molar-refractivity contribution >= 4 is 51.4 Å². The summed E-state index contributed by atoms with van der Waals surface area (Å²) >= 11 is 2.65. The predicted octanol–water partition coefficient (Wildman–Crippen LogP) is 6.09. The predicted molar refractivity (Wildman–Crippen MR) is 131 cm³/mol. The lowest BCUT2D eigenvalue weighted by Gasteiger charge is -2.18. The molecule has 2 aromatic carbocycles. The van der Waals surface area contributed by atoms with Gasteiger partial charge in [0, 0.05) is 23.3 Å². The highest BCUT2D eigenvalue weighted by molar-refractivity contribution is 7.14. The highest BCUT2D eigenvalue weighted by Crippen LogP contribution is 2.31. The summed E-state index contributed by atoms with van der Waals surface area (Å²) in [5, 5.41) is 6.80. The van der Waals surface area contributed by atoms with Gasteiger partial charge in [0.25, 0.3) is 0 Å². The molecular weight excluding hydrogens is 476 g/mol. The second kappa shape index (κ2) is 10.5. The maximum Gasteiger partial charge on any atom is 0.244 e. The molecule has 0 saturated heterocycles. The second-order valence-electron chi connectivity index (χ2n) is 7.20. The number of thiophene rings is 1. The summed E-state index contributed by atoms with van der Waals surface area (Å²) < 4.78 is 27.6. The Morgan fingerprint density at radius 3 is 2.47 bits per heavy atom. The van der Waals surface area contributed by atoms with E-state index in [-0.39, 0.29) is 23.3 Å². The third-order valence-corrected chi connectivity index (χ3v) is 6.61. The molecule has 1 atom stereocenters. The van der Waals surface area contributed by atoms with Crippen LogP contribution in [0.5, 0.6) is 0 Å². The van der Waals surface area contributed by atoms with Crippen LogP contribution in [0.3, 0.4) is 0 Å². The fraction of sp³-hybridized carbons (Fsp3) is 0.0800. The SMILES string of the molecule is CC(=O)N(c1nc(/C=C/C(=O)NC(c2ccc(F)cc2)c2cccs2)cs1)c1ccccc1F. The Balaban J connectivity index is 1.51. The van der Waals surface area contributed by atoms with Gasteiger partial charge in [-0.15, -0.1) is 22.7 Å². The van der Waals surface area contributed by atoms with Crippen LogP contribution < -0.4 is 10.2 Å². The van der Waals surface area contributed by atoms with E-state index in [1.54, 1.807) is 29.6 Å². The average Bonchev–Trinajstić information content (AvgIpc) is 3.51. The van der Waals surface area contributed by atoms with Gasteiger partial charge in [-0.05, 0) is 47.4 Å². The van der Waals surface area contributed by atoms with Gasteiger partial charge in [-0.2, -0.15) is 0 Å². The number of benzene rings is 2. The van der Waals surface area contributed by atoms with E-state index in [1.807, 2.05) is 17.5 Å². The van der Waals surface area contributed by atoms with Crippen molar-refractivity contribution in [2.45, 2.75) is 13.0 Å². The number of carbonyl (C=O) groups is 2. The van der Waals surface area contributed by atoms with E-state index in [1.165, 1.54) is 59.6 Å². The van der Waals surface area contributed by atoms with Crippen LogP contribution in [0.15, 0.2) is 77.5 Å². The molecule has 0 saturated carbocycles. The normalized spacial score (nSPS) is 12.0. The topological polar surface area (TPSA) is 62.3 Å². The van der Waals surface area contributed by atoms with Crippen molar-refractivity contribution in [3.05, 3.63) is 105 Å². The van der Waals surface area contributed by atoms with Crippen molar-refractivity contribution in [2.24, 2.45) is 0 Å². The maximum atomic E-state index is 14.2. The lowest BCUT2D eigenvalue weighted by Crippen LogP contribution is -2.27. The molecule has 0 radical (unpaired) electrons. The van der Waals surface area contributed by atoms with Gasteiger partial charge in [-0.1, -0.05) is 30.3 Å². The zero-order valence-electron chi connectivity index (χ0n) is 17.9. The van der Waals surface area contributed by atoms with Crippen molar-refractivity contribution in [1.82, 2.24) is 10.3 Å². The quantitative estimate of drug-likeness (QED) is 0.316. The van der Waals surface area contributed by atoms with E-state index in [4.69, 9.17) is 0 Å². The van der Waals surface area contributed by atoms with E-state index >= 15 is 0 Å². The Kier molecular flexibility index (Phi) is 7.24. The fourth-order valence-electron chi connectivity index (χ4n) is 3.28. The van der Waals surface area contributed by atoms with Gasteiger partial charge in [0.15, 0.2) is 5.13 Å². The van der Waals surface area contributed by atoms with Crippen molar-refractivity contribution in [1.29, 1.82) is 0 Å². The second-order valence-corrected chi connectivity index (χ2v) is 9.02.